The highest BCUT2D eigenvalue weighted by Gasteiger charge is 2.23. The van der Waals surface area contributed by atoms with Crippen LogP contribution in [0.25, 0.3) is 0 Å². The fourth-order valence-corrected chi connectivity index (χ4v) is 2.81. The number of nitrogens with one attached hydrogen (secondary N) is 1. The Balaban J connectivity index is 2.59. The highest BCUT2D eigenvalue weighted by atomic mass is 16.6. The van der Waals surface area contributed by atoms with Crippen molar-refractivity contribution in [3.05, 3.63) is 35.9 Å². The Labute approximate surface area is 157 Å². The molecule has 0 heterocycles. The number of carbonyl (C=O) groups excluding carboxylic acids is 2. The van der Waals surface area contributed by atoms with Crippen molar-refractivity contribution < 1.29 is 19.1 Å². The maximum Gasteiger partial charge on any atom is 0.407 e. The number of ether oxygens (including phenoxy) is 2. The first-order valence-electron chi connectivity index (χ1n) is 9.38. The van der Waals surface area contributed by atoms with Crippen LogP contribution in [-0.2, 0) is 20.9 Å². The lowest BCUT2D eigenvalue weighted by Crippen LogP contribution is -2.39. The lowest BCUT2D eigenvalue weighted by Gasteiger charge is -2.24. The van der Waals surface area contributed by atoms with E-state index in [9.17, 15) is 9.59 Å². The van der Waals surface area contributed by atoms with Gasteiger partial charge in [0.15, 0.2) is 0 Å². The summed E-state index contributed by atoms with van der Waals surface area (Å²) in [7, 11) is 0. The Hall–Kier alpha value is -2.04. The van der Waals surface area contributed by atoms with Gasteiger partial charge < -0.3 is 14.8 Å². The number of carbonyl (C=O) groups is 2. The molecule has 0 fully saturated rings. The molecule has 0 aliphatic heterocycles. The fraction of sp³-hybridized carbons (Fsp3) is 0.619. The standard InChI is InChI=1S/C21H33NO4/c1-6-10-16(2)13-18(14-19(23)26-21(3,4)5)22-20(24)25-15-17-11-8-7-9-12-17/h7-9,11-12,16,18H,6,10,13-15H2,1-5H3,(H,22,24)/t16-,18+/m1/s1. The van der Waals surface area contributed by atoms with Crippen molar-refractivity contribution in [1.82, 2.24) is 5.32 Å². The van der Waals surface area contributed by atoms with Gasteiger partial charge in [-0.05, 0) is 38.7 Å². The van der Waals surface area contributed by atoms with Crippen LogP contribution in [0.3, 0.4) is 0 Å². The molecule has 5 nitrogen and oxygen atoms in total. The first kappa shape index (κ1) is 22.0. The van der Waals surface area contributed by atoms with Crippen molar-refractivity contribution in [2.75, 3.05) is 0 Å². The van der Waals surface area contributed by atoms with Crippen LogP contribution in [0, 0.1) is 5.92 Å². The van der Waals surface area contributed by atoms with Gasteiger partial charge in [-0.15, -0.1) is 0 Å². The third-order valence-corrected chi connectivity index (χ3v) is 3.84. The van der Waals surface area contributed by atoms with Crippen molar-refractivity contribution in [3.8, 4) is 0 Å². The molecule has 0 bridgehead atoms. The zero-order valence-corrected chi connectivity index (χ0v) is 16.7. The number of esters is 1. The number of alkyl carbamates (subject to hydrolysis) is 1. The molecular weight excluding hydrogens is 330 g/mol. The SMILES string of the molecule is CCC[C@@H](C)C[C@@H](CC(=O)OC(C)(C)C)NC(=O)OCc1ccccc1. The van der Waals surface area contributed by atoms with Crippen LogP contribution >= 0.6 is 0 Å². The number of benzene rings is 1. The van der Waals surface area contributed by atoms with Crippen molar-refractivity contribution in [2.45, 2.75) is 78.6 Å². The first-order chi connectivity index (χ1) is 12.2. The summed E-state index contributed by atoms with van der Waals surface area (Å²) in [6.07, 6.45) is 2.47. The molecule has 1 rings (SSSR count). The molecule has 146 valence electrons. The van der Waals surface area contributed by atoms with E-state index in [1.165, 1.54) is 0 Å². The predicted molar refractivity (Wildman–Crippen MR) is 103 cm³/mol. The molecule has 0 spiro atoms. The molecule has 0 unspecified atom stereocenters. The van der Waals surface area contributed by atoms with E-state index in [4.69, 9.17) is 9.47 Å². The topological polar surface area (TPSA) is 64.6 Å². The number of amides is 1. The molecule has 0 aliphatic rings. The third-order valence-electron chi connectivity index (χ3n) is 3.84. The van der Waals surface area contributed by atoms with E-state index in [-0.39, 0.29) is 25.0 Å². The van der Waals surface area contributed by atoms with Gasteiger partial charge in [-0.25, -0.2) is 4.79 Å². The highest BCUT2D eigenvalue weighted by molar-refractivity contribution is 5.73. The molecule has 5 heteroatoms. The summed E-state index contributed by atoms with van der Waals surface area (Å²) in [5.74, 6) is 0.0939. The summed E-state index contributed by atoms with van der Waals surface area (Å²) in [6, 6.07) is 9.21. The quantitative estimate of drug-likeness (QED) is 0.638. The van der Waals surface area contributed by atoms with E-state index in [1.54, 1.807) is 0 Å². The molecule has 0 radical (unpaired) electrons. The van der Waals surface area contributed by atoms with Gasteiger partial charge in [0.05, 0.1) is 6.42 Å². The fourth-order valence-electron chi connectivity index (χ4n) is 2.81. The van der Waals surface area contributed by atoms with E-state index < -0.39 is 11.7 Å². The Morgan fingerprint density at radius 3 is 2.38 bits per heavy atom. The van der Waals surface area contributed by atoms with Gasteiger partial charge in [-0.2, -0.15) is 0 Å². The Kier molecular flexibility index (Phi) is 9.17. The van der Waals surface area contributed by atoms with Crippen molar-refractivity contribution in [2.24, 2.45) is 5.92 Å². The highest BCUT2D eigenvalue weighted by Crippen LogP contribution is 2.17. The van der Waals surface area contributed by atoms with Gasteiger partial charge in [0, 0.05) is 6.04 Å². The van der Waals surface area contributed by atoms with Gasteiger partial charge in [0.1, 0.15) is 12.2 Å². The summed E-state index contributed by atoms with van der Waals surface area (Å²) >= 11 is 0. The number of hydrogen-bond donors (Lipinski definition) is 1. The van der Waals surface area contributed by atoms with Gasteiger partial charge >= 0.3 is 12.1 Å². The minimum Gasteiger partial charge on any atom is -0.460 e. The van der Waals surface area contributed by atoms with Gasteiger partial charge in [0.2, 0.25) is 0 Å². The second kappa shape index (κ2) is 10.8. The van der Waals surface area contributed by atoms with Crippen molar-refractivity contribution in [3.63, 3.8) is 0 Å². The lowest BCUT2D eigenvalue weighted by molar-refractivity contribution is -0.155. The molecule has 26 heavy (non-hydrogen) atoms. The zero-order valence-electron chi connectivity index (χ0n) is 16.7. The largest absolute Gasteiger partial charge is 0.460 e. The van der Waals surface area contributed by atoms with E-state index >= 15 is 0 Å². The average Bonchev–Trinajstić information content (AvgIpc) is 2.52. The van der Waals surface area contributed by atoms with Gasteiger partial charge in [-0.3, -0.25) is 4.79 Å². The first-order valence-corrected chi connectivity index (χ1v) is 9.38. The smallest absolute Gasteiger partial charge is 0.407 e. The Morgan fingerprint density at radius 2 is 1.81 bits per heavy atom. The van der Waals surface area contributed by atoms with Gasteiger partial charge in [-0.1, -0.05) is 57.0 Å². The molecule has 2 atom stereocenters. The number of rotatable bonds is 9. The molecule has 1 aromatic rings. The molecule has 1 aromatic carbocycles. The zero-order chi connectivity index (χ0) is 19.6. The molecule has 0 aliphatic carbocycles. The summed E-state index contributed by atoms with van der Waals surface area (Å²) in [6.45, 7) is 9.96. The molecular formula is C21H33NO4. The minimum absolute atomic E-state index is 0.145. The molecule has 0 aromatic heterocycles. The molecule has 1 amide bonds. The van der Waals surface area contributed by atoms with Crippen LogP contribution in [0.15, 0.2) is 30.3 Å². The Morgan fingerprint density at radius 1 is 1.15 bits per heavy atom. The van der Waals surface area contributed by atoms with Crippen LogP contribution in [-0.4, -0.2) is 23.7 Å². The van der Waals surface area contributed by atoms with Crippen LogP contribution in [0.2, 0.25) is 0 Å². The summed E-state index contributed by atoms with van der Waals surface area (Å²) in [5, 5.41) is 2.83. The van der Waals surface area contributed by atoms with Crippen LogP contribution in [0.4, 0.5) is 4.79 Å². The normalized spacial score (nSPS) is 13.6. The maximum absolute atomic E-state index is 12.2. The predicted octanol–water partition coefficient (Wildman–Crippen LogP) is 4.84. The minimum atomic E-state index is -0.537. The Bertz CT molecular complexity index is 551. The summed E-state index contributed by atoms with van der Waals surface area (Å²) < 4.78 is 10.7. The molecule has 1 N–H and O–H groups in total. The second-order valence-electron chi connectivity index (χ2n) is 7.82. The monoisotopic (exact) mass is 363 g/mol. The lowest BCUT2D eigenvalue weighted by atomic mass is 9.95. The number of hydrogen-bond acceptors (Lipinski definition) is 4. The molecule has 0 saturated heterocycles. The average molecular weight is 363 g/mol. The third kappa shape index (κ3) is 10.1. The van der Waals surface area contributed by atoms with Crippen LogP contribution < -0.4 is 5.32 Å². The maximum atomic E-state index is 12.2. The summed E-state index contributed by atoms with van der Waals surface area (Å²) in [5.41, 5.74) is 0.385. The van der Waals surface area contributed by atoms with E-state index in [0.29, 0.717) is 12.3 Å². The van der Waals surface area contributed by atoms with Gasteiger partial charge in [0.25, 0.3) is 0 Å². The van der Waals surface area contributed by atoms with Crippen LogP contribution in [0.5, 0.6) is 0 Å². The van der Waals surface area contributed by atoms with E-state index in [0.717, 1.165) is 18.4 Å². The van der Waals surface area contributed by atoms with Crippen molar-refractivity contribution >= 4 is 12.1 Å². The second-order valence-corrected chi connectivity index (χ2v) is 7.82. The van der Waals surface area contributed by atoms with E-state index in [2.05, 4.69) is 19.2 Å². The summed E-state index contributed by atoms with van der Waals surface area (Å²) in [4.78, 5) is 24.3. The van der Waals surface area contributed by atoms with Crippen molar-refractivity contribution in [1.29, 1.82) is 0 Å². The van der Waals surface area contributed by atoms with E-state index in [1.807, 2.05) is 51.1 Å². The van der Waals surface area contributed by atoms with Crippen LogP contribution in [0.1, 0.15) is 65.9 Å². The molecule has 0 saturated carbocycles.